The molecule has 62 heavy (non-hydrogen) atoms. The number of carbonyl (C=O) groups is 3. The van der Waals surface area contributed by atoms with E-state index in [9.17, 15) is 14.4 Å². The molecule has 2 aromatic heterocycles. The van der Waals surface area contributed by atoms with Crippen LogP contribution in [0.4, 0.5) is 0 Å². The average molecular weight is 846 g/mol. The maximum atomic E-state index is 14.7. The minimum absolute atomic E-state index is 0.00380. The van der Waals surface area contributed by atoms with Gasteiger partial charge in [0.05, 0.1) is 49.2 Å². The molecule has 326 valence electrons. The first-order chi connectivity index (χ1) is 30.4. The molecule has 2 aromatic carbocycles. The van der Waals surface area contributed by atoms with E-state index in [1.54, 1.807) is 25.4 Å². The molecule has 15 heteroatoms. The smallest absolute Gasteiger partial charge is 0.255 e. The molecule has 3 amide bonds. The van der Waals surface area contributed by atoms with Crippen LogP contribution in [0.3, 0.4) is 0 Å². The zero-order valence-corrected chi connectivity index (χ0v) is 35.5. The van der Waals surface area contributed by atoms with Crippen molar-refractivity contribution in [3.63, 3.8) is 0 Å². The van der Waals surface area contributed by atoms with Crippen LogP contribution in [0.25, 0.3) is 22.3 Å². The van der Waals surface area contributed by atoms with E-state index in [0.717, 1.165) is 81.9 Å². The minimum Gasteiger partial charge on any atom is -0.493 e. The summed E-state index contributed by atoms with van der Waals surface area (Å²) in [6.07, 6.45) is 15.2. The maximum absolute atomic E-state index is 14.7. The first-order valence-corrected chi connectivity index (χ1v) is 22.5. The lowest BCUT2D eigenvalue weighted by atomic mass is 9.73. The number of rotatable bonds is 12. The number of aromatic nitrogens is 3. The normalized spacial score (nSPS) is 22.2. The fourth-order valence-electron chi connectivity index (χ4n) is 10.4. The molecule has 3 aliphatic carbocycles. The molecule has 15 nitrogen and oxygen atoms in total. The van der Waals surface area contributed by atoms with Crippen molar-refractivity contribution in [2.24, 2.45) is 28.8 Å². The van der Waals surface area contributed by atoms with Crippen molar-refractivity contribution in [2.75, 3.05) is 40.7 Å². The number of amides is 3. The SMILES string of the molecule is COc1ccc(C2=NN(C3CCN(C(=O)[C@@H](NC(=O)c4c[nH]c5c(-c6c(OCC7CC7)ccc7c6OCO7)ncnc45)C4CCCCC4)CC3)C(=O)[C@@H]3CCCC[C@H]23)cc1OC. The van der Waals surface area contributed by atoms with Gasteiger partial charge in [-0.25, -0.2) is 15.0 Å². The third kappa shape index (κ3) is 7.57. The number of hydrogen-bond donors (Lipinski definition) is 2. The number of likely N-dealkylation sites (tertiary alicyclic amines) is 1. The van der Waals surface area contributed by atoms with Crippen molar-refractivity contribution in [1.29, 1.82) is 0 Å². The van der Waals surface area contributed by atoms with Gasteiger partial charge in [0.25, 0.3) is 5.91 Å². The maximum Gasteiger partial charge on any atom is 0.255 e. The summed E-state index contributed by atoms with van der Waals surface area (Å²) in [5.74, 6) is 3.12. The summed E-state index contributed by atoms with van der Waals surface area (Å²) in [5, 5.41) is 10.1. The van der Waals surface area contributed by atoms with E-state index in [1.807, 2.05) is 35.2 Å². The van der Waals surface area contributed by atoms with Crippen LogP contribution in [0.1, 0.15) is 99.4 Å². The molecule has 0 unspecified atom stereocenters. The van der Waals surface area contributed by atoms with Crippen molar-refractivity contribution in [3.8, 4) is 40.0 Å². The van der Waals surface area contributed by atoms with E-state index in [1.165, 1.54) is 6.33 Å². The Morgan fingerprint density at radius 3 is 2.40 bits per heavy atom. The van der Waals surface area contributed by atoms with Gasteiger partial charge in [-0.1, -0.05) is 32.1 Å². The van der Waals surface area contributed by atoms with E-state index in [2.05, 4.69) is 20.3 Å². The van der Waals surface area contributed by atoms with Crippen LogP contribution in [0, 0.1) is 23.7 Å². The van der Waals surface area contributed by atoms with Crippen LogP contribution < -0.4 is 29.0 Å². The zero-order valence-electron chi connectivity index (χ0n) is 35.5. The highest BCUT2D eigenvalue weighted by Gasteiger charge is 2.45. The van der Waals surface area contributed by atoms with Crippen molar-refractivity contribution in [3.05, 3.63) is 54.0 Å². The summed E-state index contributed by atoms with van der Waals surface area (Å²) < 4.78 is 29.1. The summed E-state index contributed by atoms with van der Waals surface area (Å²) >= 11 is 0. The number of fused-ring (bicyclic) bond motifs is 3. The Morgan fingerprint density at radius 2 is 1.63 bits per heavy atom. The predicted octanol–water partition coefficient (Wildman–Crippen LogP) is 6.88. The molecule has 1 saturated heterocycles. The molecule has 4 fully saturated rings. The summed E-state index contributed by atoms with van der Waals surface area (Å²) in [5.41, 5.74) is 4.36. The third-order valence-electron chi connectivity index (χ3n) is 14.0. The fourth-order valence-corrected chi connectivity index (χ4v) is 10.4. The van der Waals surface area contributed by atoms with Gasteiger partial charge in [0.1, 0.15) is 29.3 Å². The van der Waals surface area contributed by atoms with Gasteiger partial charge in [0.15, 0.2) is 23.0 Å². The van der Waals surface area contributed by atoms with E-state index < -0.39 is 6.04 Å². The number of nitrogens with one attached hydrogen (secondary N) is 2. The highest BCUT2D eigenvalue weighted by molar-refractivity contribution is 6.09. The van der Waals surface area contributed by atoms with Gasteiger partial charge in [-0.3, -0.25) is 14.4 Å². The van der Waals surface area contributed by atoms with Crippen molar-refractivity contribution >= 4 is 34.5 Å². The zero-order chi connectivity index (χ0) is 42.3. The Hall–Kier alpha value is -5.86. The van der Waals surface area contributed by atoms with E-state index >= 15 is 0 Å². The van der Waals surface area contributed by atoms with Crippen LogP contribution in [0.5, 0.6) is 28.7 Å². The van der Waals surface area contributed by atoms with Gasteiger partial charge < -0.3 is 38.9 Å². The number of piperidine rings is 1. The van der Waals surface area contributed by atoms with Crippen LogP contribution in [-0.4, -0.2) is 101 Å². The second-order valence-electron chi connectivity index (χ2n) is 17.7. The third-order valence-corrected chi connectivity index (χ3v) is 14.0. The van der Waals surface area contributed by atoms with E-state index in [-0.39, 0.29) is 48.3 Å². The summed E-state index contributed by atoms with van der Waals surface area (Å²) in [6, 6.07) is 8.73. The Bertz CT molecular complexity index is 2380. The number of hydrogen-bond acceptors (Lipinski definition) is 11. The summed E-state index contributed by atoms with van der Waals surface area (Å²) in [7, 11) is 3.24. The van der Waals surface area contributed by atoms with Crippen molar-refractivity contribution < 1.29 is 38.1 Å². The average Bonchev–Trinajstić information content (AvgIpc) is 3.84. The first kappa shape index (κ1) is 40.2. The predicted molar refractivity (Wildman–Crippen MR) is 229 cm³/mol. The highest BCUT2D eigenvalue weighted by Crippen LogP contribution is 2.48. The van der Waals surface area contributed by atoms with Crippen LogP contribution in [0.15, 0.2) is 48.0 Å². The number of hydrazone groups is 1. The van der Waals surface area contributed by atoms with Crippen LogP contribution >= 0.6 is 0 Å². The number of nitrogens with zero attached hydrogens (tertiary/aromatic N) is 5. The molecular formula is C47H55N7O8. The van der Waals surface area contributed by atoms with E-state index in [4.69, 9.17) is 28.8 Å². The van der Waals surface area contributed by atoms with Crippen molar-refractivity contribution in [2.45, 2.75) is 95.6 Å². The van der Waals surface area contributed by atoms with Gasteiger partial charge in [0, 0.05) is 36.7 Å². The first-order valence-electron chi connectivity index (χ1n) is 22.5. The molecule has 2 N–H and O–H groups in total. The molecule has 6 aliphatic rings. The van der Waals surface area contributed by atoms with Gasteiger partial charge in [0.2, 0.25) is 18.6 Å². The van der Waals surface area contributed by atoms with Gasteiger partial charge in [-0.05, 0) is 93.5 Å². The number of aromatic amines is 1. The quantitative estimate of drug-likeness (QED) is 0.153. The number of ether oxygens (including phenoxy) is 5. The molecule has 3 saturated carbocycles. The largest absolute Gasteiger partial charge is 0.493 e. The van der Waals surface area contributed by atoms with Crippen molar-refractivity contribution in [1.82, 2.24) is 30.2 Å². The number of benzene rings is 2. The molecule has 5 heterocycles. The van der Waals surface area contributed by atoms with Crippen LogP contribution in [0.2, 0.25) is 0 Å². The van der Waals surface area contributed by atoms with Crippen LogP contribution in [-0.2, 0) is 9.59 Å². The molecule has 0 spiro atoms. The minimum atomic E-state index is -0.703. The number of carbonyl (C=O) groups excluding carboxylic acids is 3. The number of methoxy groups -OCH3 is 2. The molecule has 3 atom stereocenters. The summed E-state index contributed by atoms with van der Waals surface area (Å²) in [6.45, 7) is 1.61. The molecule has 3 aliphatic heterocycles. The molecular weight excluding hydrogens is 791 g/mol. The second-order valence-corrected chi connectivity index (χ2v) is 17.7. The van der Waals surface area contributed by atoms with E-state index in [0.29, 0.717) is 95.1 Å². The highest BCUT2D eigenvalue weighted by atomic mass is 16.7. The molecule has 10 rings (SSSR count). The Balaban J connectivity index is 0.880. The summed E-state index contributed by atoms with van der Waals surface area (Å²) in [4.78, 5) is 57.6. The topological polar surface area (TPSA) is 170 Å². The lowest BCUT2D eigenvalue weighted by molar-refractivity contribution is -0.144. The number of H-pyrrole nitrogens is 1. The molecule has 0 radical (unpaired) electrons. The monoisotopic (exact) mass is 845 g/mol. The lowest BCUT2D eigenvalue weighted by Gasteiger charge is -2.44. The fraction of sp³-hybridized carbons (Fsp3) is 0.532. The molecule has 4 aromatic rings. The second kappa shape index (κ2) is 17.1. The lowest BCUT2D eigenvalue weighted by Crippen LogP contribution is -2.57. The molecule has 0 bridgehead atoms. The Kier molecular flexibility index (Phi) is 11.1. The Labute approximate surface area is 360 Å². The Morgan fingerprint density at radius 1 is 0.871 bits per heavy atom. The van der Waals surface area contributed by atoms with Gasteiger partial charge in [-0.2, -0.15) is 5.10 Å². The van der Waals surface area contributed by atoms with Gasteiger partial charge >= 0.3 is 0 Å². The standard InChI is InChI=1S/C47H55N7O8/c1-58-34-15-14-29(22-37(34)59-2)39-31-10-6-7-11-32(31)46(56)54(52-39)30-18-20-53(21-19-30)47(57)40(28-8-4-3-5-9-28)51-45(55)33-23-48-43-41(33)49-25-50-42(43)38-35(60-24-27-12-13-27)16-17-36-44(38)62-26-61-36/h14-17,22-23,25,27-28,30-32,40,48H,3-13,18-21,24,26H2,1-2H3,(H,51,55)/t31-,32+,40-/m0/s1. The van der Waals surface area contributed by atoms with Gasteiger partial charge in [-0.15, -0.1) is 0 Å².